The van der Waals surface area contributed by atoms with Crippen LogP contribution in [0.15, 0.2) is 24.3 Å². The number of rotatable bonds is 2. The molecule has 1 aromatic rings. The molecule has 0 aliphatic carbocycles. The first-order valence-electron chi connectivity index (χ1n) is 5.77. The van der Waals surface area contributed by atoms with Gasteiger partial charge in [-0.05, 0) is 18.6 Å². The highest BCUT2D eigenvalue weighted by Gasteiger charge is 2.25. The SMILES string of the molecule is CC1SCCN(Cc2ccccc2Cl)C1C. The molecule has 0 spiro atoms. The number of hydrogen-bond donors (Lipinski definition) is 0. The first kappa shape index (κ1) is 12.3. The van der Waals surface area contributed by atoms with Gasteiger partial charge in [-0.3, -0.25) is 4.90 Å². The van der Waals surface area contributed by atoms with Gasteiger partial charge >= 0.3 is 0 Å². The summed E-state index contributed by atoms with van der Waals surface area (Å²) in [5.74, 6) is 1.23. The molecule has 0 bridgehead atoms. The van der Waals surface area contributed by atoms with Gasteiger partial charge in [-0.2, -0.15) is 11.8 Å². The topological polar surface area (TPSA) is 3.24 Å². The highest BCUT2D eigenvalue weighted by molar-refractivity contribution is 8.00. The van der Waals surface area contributed by atoms with Gasteiger partial charge in [0.25, 0.3) is 0 Å². The van der Waals surface area contributed by atoms with Gasteiger partial charge in [0.05, 0.1) is 0 Å². The molecule has 2 atom stereocenters. The van der Waals surface area contributed by atoms with E-state index >= 15 is 0 Å². The van der Waals surface area contributed by atoms with E-state index in [9.17, 15) is 0 Å². The molecule has 0 aromatic heterocycles. The van der Waals surface area contributed by atoms with Crippen molar-refractivity contribution in [3.63, 3.8) is 0 Å². The second-order valence-electron chi connectivity index (χ2n) is 4.38. The van der Waals surface area contributed by atoms with Crippen LogP contribution in [0.4, 0.5) is 0 Å². The molecule has 0 saturated carbocycles. The molecule has 1 nitrogen and oxygen atoms in total. The number of nitrogens with zero attached hydrogens (tertiary/aromatic N) is 1. The Labute approximate surface area is 107 Å². The average Bonchev–Trinajstić information content (AvgIpc) is 2.28. The third-order valence-corrected chi connectivity index (χ3v) is 5.05. The molecule has 0 amide bonds. The molecule has 1 aliphatic heterocycles. The highest BCUT2D eigenvalue weighted by Crippen LogP contribution is 2.27. The van der Waals surface area contributed by atoms with Gasteiger partial charge in [-0.25, -0.2) is 0 Å². The normalized spacial score (nSPS) is 26.9. The first-order valence-corrected chi connectivity index (χ1v) is 7.20. The van der Waals surface area contributed by atoms with Crippen LogP contribution in [0.1, 0.15) is 19.4 Å². The van der Waals surface area contributed by atoms with Crippen LogP contribution in [0.3, 0.4) is 0 Å². The van der Waals surface area contributed by atoms with Gasteiger partial charge in [0.15, 0.2) is 0 Å². The van der Waals surface area contributed by atoms with Crippen molar-refractivity contribution >= 4 is 23.4 Å². The van der Waals surface area contributed by atoms with Crippen LogP contribution in [0.2, 0.25) is 5.02 Å². The van der Waals surface area contributed by atoms with E-state index < -0.39 is 0 Å². The van der Waals surface area contributed by atoms with E-state index in [2.05, 4.69) is 42.6 Å². The fourth-order valence-electron chi connectivity index (χ4n) is 2.06. The van der Waals surface area contributed by atoms with Crippen molar-refractivity contribution in [3.8, 4) is 0 Å². The predicted molar refractivity (Wildman–Crippen MR) is 73.2 cm³/mol. The summed E-state index contributed by atoms with van der Waals surface area (Å²) in [6.45, 7) is 6.77. The minimum atomic E-state index is 0.634. The van der Waals surface area contributed by atoms with E-state index in [0.29, 0.717) is 6.04 Å². The van der Waals surface area contributed by atoms with Crippen LogP contribution in [-0.2, 0) is 6.54 Å². The van der Waals surface area contributed by atoms with Gasteiger partial charge in [0, 0.05) is 35.2 Å². The molecular weight excluding hydrogens is 238 g/mol. The Bertz CT molecular complexity index is 356. The monoisotopic (exact) mass is 255 g/mol. The second-order valence-corrected chi connectivity index (χ2v) is 6.27. The van der Waals surface area contributed by atoms with Crippen LogP contribution in [-0.4, -0.2) is 28.5 Å². The summed E-state index contributed by atoms with van der Waals surface area (Å²) in [5, 5.41) is 1.61. The Hall–Kier alpha value is -0.180. The van der Waals surface area contributed by atoms with Crippen molar-refractivity contribution in [1.82, 2.24) is 4.90 Å². The summed E-state index contributed by atoms with van der Waals surface area (Å²) in [6.07, 6.45) is 0. The van der Waals surface area contributed by atoms with Crippen LogP contribution in [0.25, 0.3) is 0 Å². The summed E-state index contributed by atoms with van der Waals surface area (Å²) in [4.78, 5) is 2.53. The molecule has 1 saturated heterocycles. The smallest absolute Gasteiger partial charge is 0.0451 e. The van der Waals surface area contributed by atoms with Crippen molar-refractivity contribution in [3.05, 3.63) is 34.9 Å². The third-order valence-electron chi connectivity index (χ3n) is 3.35. The number of benzene rings is 1. The summed E-state index contributed by atoms with van der Waals surface area (Å²) in [5.41, 5.74) is 1.25. The fourth-order valence-corrected chi connectivity index (χ4v) is 3.42. The largest absolute Gasteiger partial charge is 0.294 e. The molecule has 2 unspecified atom stereocenters. The van der Waals surface area contributed by atoms with Crippen molar-refractivity contribution in [1.29, 1.82) is 0 Å². The maximum absolute atomic E-state index is 6.20. The molecule has 1 aliphatic rings. The highest BCUT2D eigenvalue weighted by atomic mass is 35.5. The van der Waals surface area contributed by atoms with Gasteiger partial charge in [0.1, 0.15) is 0 Å². The Morgan fingerprint density at radius 2 is 2.12 bits per heavy atom. The summed E-state index contributed by atoms with van der Waals surface area (Å²) < 4.78 is 0. The van der Waals surface area contributed by atoms with Crippen LogP contribution in [0.5, 0.6) is 0 Å². The Morgan fingerprint density at radius 3 is 2.88 bits per heavy atom. The lowest BCUT2D eigenvalue weighted by Crippen LogP contribution is -2.43. The van der Waals surface area contributed by atoms with Crippen molar-refractivity contribution in [2.24, 2.45) is 0 Å². The van der Waals surface area contributed by atoms with Crippen LogP contribution in [0, 0.1) is 0 Å². The first-order chi connectivity index (χ1) is 7.68. The molecule has 1 fully saturated rings. The second kappa shape index (κ2) is 5.44. The molecule has 1 heterocycles. The summed E-state index contributed by atoms with van der Waals surface area (Å²) in [6, 6.07) is 8.79. The lowest BCUT2D eigenvalue weighted by molar-refractivity contribution is 0.204. The molecule has 1 aromatic carbocycles. The third kappa shape index (κ3) is 2.73. The van der Waals surface area contributed by atoms with E-state index in [4.69, 9.17) is 11.6 Å². The Balaban J connectivity index is 2.06. The minimum Gasteiger partial charge on any atom is -0.294 e. The zero-order valence-electron chi connectivity index (χ0n) is 9.82. The number of halogens is 1. The number of thioether (sulfide) groups is 1. The van der Waals surface area contributed by atoms with E-state index in [0.717, 1.165) is 16.8 Å². The van der Waals surface area contributed by atoms with E-state index in [1.54, 1.807) is 0 Å². The maximum Gasteiger partial charge on any atom is 0.0451 e. The maximum atomic E-state index is 6.20. The lowest BCUT2D eigenvalue weighted by Gasteiger charge is -2.37. The Kier molecular flexibility index (Phi) is 4.17. The zero-order valence-corrected chi connectivity index (χ0v) is 11.4. The minimum absolute atomic E-state index is 0.634. The number of hydrogen-bond acceptors (Lipinski definition) is 2. The van der Waals surface area contributed by atoms with Gasteiger partial charge in [0.2, 0.25) is 0 Å². The van der Waals surface area contributed by atoms with Crippen molar-refractivity contribution in [2.75, 3.05) is 12.3 Å². The molecule has 0 radical (unpaired) electrons. The molecule has 16 heavy (non-hydrogen) atoms. The lowest BCUT2D eigenvalue weighted by atomic mass is 10.1. The molecule has 88 valence electrons. The van der Waals surface area contributed by atoms with E-state index in [1.165, 1.54) is 17.9 Å². The fraction of sp³-hybridized carbons (Fsp3) is 0.538. The Morgan fingerprint density at radius 1 is 1.38 bits per heavy atom. The van der Waals surface area contributed by atoms with E-state index in [1.807, 2.05) is 12.1 Å². The van der Waals surface area contributed by atoms with Crippen LogP contribution >= 0.6 is 23.4 Å². The van der Waals surface area contributed by atoms with Crippen molar-refractivity contribution < 1.29 is 0 Å². The summed E-state index contributed by atoms with van der Waals surface area (Å²) in [7, 11) is 0. The van der Waals surface area contributed by atoms with E-state index in [-0.39, 0.29) is 0 Å². The van der Waals surface area contributed by atoms with Gasteiger partial charge in [-0.15, -0.1) is 0 Å². The van der Waals surface area contributed by atoms with Crippen molar-refractivity contribution in [2.45, 2.75) is 31.7 Å². The standard InChI is InChI=1S/C13H18ClNS/c1-10-11(2)16-8-7-15(10)9-12-5-3-4-6-13(12)14/h3-6,10-11H,7-9H2,1-2H3. The van der Waals surface area contributed by atoms with Gasteiger partial charge < -0.3 is 0 Å². The molecule has 2 rings (SSSR count). The van der Waals surface area contributed by atoms with Gasteiger partial charge in [-0.1, -0.05) is 36.7 Å². The molecule has 0 N–H and O–H groups in total. The average molecular weight is 256 g/mol. The summed E-state index contributed by atoms with van der Waals surface area (Å²) >= 11 is 8.27. The molecule has 3 heteroatoms. The zero-order chi connectivity index (χ0) is 11.5. The van der Waals surface area contributed by atoms with Crippen LogP contribution < -0.4 is 0 Å². The molecular formula is C13H18ClNS. The quantitative estimate of drug-likeness (QED) is 0.794. The predicted octanol–water partition coefficient (Wildman–Crippen LogP) is 3.67.